The summed E-state index contributed by atoms with van der Waals surface area (Å²) in [5.41, 5.74) is 1.66. The fourth-order valence-corrected chi connectivity index (χ4v) is 32.9. The predicted molar refractivity (Wildman–Crippen MR) is 86.8 cm³/mol. The second-order valence-corrected chi connectivity index (χ2v) is 25.1. The third kappa shape index (κ3) is 2.81. The van der Waals surface area contributed by atoms with E-state index >= 15 is 0 Å². The molecule has 3 fully saturated rings. The molecular formula is C15H28Cl2PRu. The average molecular weight is 411 g/mol. The van der Waals surface area contributed by atoms with Crippen LogP contribution in [-0.4, -0.2) is 17.0 Å². The summed E-state index contributed by atoms with van der Waals surface area (Å²) in [6.45, 7) is 0. The molecule has 0 amide bonds. The first-order chi connectivity index (χ1) is 9.26. The number of hydrogen-bond acceptors (Lipinski definition) is 0. The molecule has 0 atom stereocenters. The molecular weight excluding hydrogens is 383 g/mol. The van der Waals surface area contributed by atoms with E-state index in [-0.39, 0.29) is 0 Å². The molecule has 0 saturated heterocycles. The molecule has 0 aromatic carbocycles. The Morgan fingerprint density at radius 2 is 0.842 bits per heavy atom. The van der Waals surface area contributed by atoms with Crippen LogP contribution in [0.4, 0.5) is 0 Å². The summed E-state index contributed by atoms with van der Waals surface area (Å²) in [5.74, 6) is 0. The molecule has 3 aliphatic carbocycles. The minimum atomic E-state index is -1.55. The monoisotopic (exact) mass is 411 g/mol. The van der Waals surface area contributed by atoms with Gasteiger partial charge < -0.3 is 0 Å². The van der Waals surface area contributed by atoms with Crippen LogP contribution in [0.25, 0.3) is 0 Å². The van der Waals surface area contributed by atoms with Crippen LogP contribution in [0.15, 0.2) is 0 Å². The molecule has 0 nitrogen and oxygen atoms in total. The van der Waals surface area contributed by atoms with Crippen molar-refractivity contribution in [1.29, 1.82) is 0 Å². The van der Waals surface area contributed by atoms with Gasteiger partial charge >= 0.3 is 132 Å². The Balaban J connectivity index is 1.93. The number of halogens is 2. The van der Waals surface area contributed by atoms with Crippen molar-refractivity contribution in [2.75, 3.05) is 0 Å². The molecule has 0 radical (unpaired) electrons. The standard InChI is InChI=1S/C15H27P.2ClH.Ru/c1-2-8-13(7-1)16(14-9-3-4-10-14)15-11-5-6-12-15;;;/h13-15H,1-12H2;2*1H;/q;;;+1/p-1. The molecule has 0 aromatic rings. The summed E-state index contributed by atoms with van der Waals surface area (Å²) in [5, 5.41) is 0. The van der Waals surface area contributed by atoms with Gasteiger partial charge in [0.05, 0.1) is 0 Å². The zero-order chi connectivity index (χ0) is 13.3. The Hall–Kier alpha value is 1.63. The first-order valence-corrected chi connectivity index (χ1v) is 17.4. The van der Waals surface area contributed by atoms with E-state index in [1.165, 1.54) is 77.0 Å². The molecule has 0 aliphatic heterocycles. The normalized spacial score (nSPS) is 29.3. The van der Waals surface area contributed by atoms with E-state index < -0.39 is 19.1 Å². The molecule has 0 aromatic heterocycles. The van der Waals surface area contributed by atoms with Crippen molar-refractivity contribution in [1.82, 2.24) is 0 Å². The molecule has 115 valence electrons. The van der Waals surface area contributed by atoms with Gasteiger partial charge in [-0.25, -0.2) is 0 Å². The van der Waals surface area contributed by atoms with Crippen molar-refractivity contribution < 1.29 is 13.5 Å². The summed E-state index contributed by atoms with van der Waals surface area (Å²) in [6, 6.07) is 0. The zero-order valence-corrected chi connectivity index (χ0v) is 16.1. The molecule has 4 heteroatoms. The average Bonchev–Trinajstić information content (AvgIpc) is 3.15. The molecule has 3 rings (SSSR count). The number of rotatable bonds is 4. The van der Waals surface area contributed by atoms with Crippen LogP contribution in [0.2, 0.25) is 0 Å². The summed E-state index contributed by atoms with van der Waals surface area (Å²) >= 11 is -1.55. The topological polar surface area (TPSA) is 0 Å². The van der Waals surface area contributed by atoms with Gasteiger partial charge in [-0.05, 0) is 0 Å². The van der Waals surface area contributed by atoms with Crippen LogP contribution < -0.4 is 0 Å². The molecule has 0 bridgehead atoms. The summed E-state index contributed by atoms with van der Waals surface area (Å²) in [7, 11) is 13.8. The van der Waals surface area contributed by atoms with E-state index in [0.717, 1.165) is 17.0 Å². The second-order valence-electron chi connectivity index (χ2n) is 6.93. The van der Waals surface area contributed by atoms with E-state index in [1.807, 2.05) is 0 Å². The number of hydrogen-bond donors (Lipinski definition) is 0. The van der Waals surface area contributed by atoms with Gasteiger partial charge in [0.1, 0.15) is 0 Å². The summed E-state index contributed by atoms with van der Waals surface area (Å²) in [4.78, 5) is 0. The van der Waals surface area contributed by atoms with Gasteiger partial charge in [0, 0.05) is 0 Å². The van der Waals surface area contributed by atoms with Crippen LogP contribution in [0, 0.1) is 0 Å². The van der Waals surface area contributed by atoms with Crippen molar-refractivity contribution in [2.24, 2.45) is 0 Å². The van der Waals surface area contributed by atoms with E-state index in [4.69, 9.17) is 19.4 Å². The van der Waals surface area contributed by atoms with Crippen LogP contribution in [0.5, 0.6) is 0 Å². The van der Waals surface area contributed by atoms with E-state index in [2.05, 4.69) is 0 Å². The molecule has 0 unspecified atom stereocenters. The van der Waals surface area contributed by atoms with Gasteiger partial charge in [-0.2, -0.15) is 0 Å². The van der Waals surface area contributed by atoms with E-state index in [1.54, 1.807) is 0 Å². The third-order valence-corrected chi connectivity index (χ3v) is 30.0. The fraction of sp³-hybridized carbons (Fsp3) is 1.00. The Morgan fingerprint density at radius 1 is 0.579 bits per heavy atom. The van der Waals surface area contributed by atoms with E-state index in [9.17, 15) is 0 Å². The predicted octanol–water partition coefficient (Wildman–Crippen LogP) is 6.40. The van der Waals surface area contributed by atoms with E-state index in [0.29, 0.717) is 0 Å². The van der Waals surface area contributed by atoms with Crippen LogP contribution in [0.1, 0.15) is 77.0 Å². The van der Waals surface area contributed by atoms with Crippen molar-refractivity contribution >= 4 is 25.0 Å². The van der Waals surface area contributed by atoms with Gasteiger partial charge in [-0.1, -0.05) is 0 Å². The Morgan fingerprint density at radius 3 is 1.05 bits per heavy atom. The van der Waals surface area contributed by atoms with Crippen molar-refractivity contribution in [2.45, 2.75) is 94.0 Å². The first kappa shape index (κ1) is 15.5. The zero-order valence-electron chi connectivity index (χ0n) is 11.8. The van der Waals surface area contributed by atoms with Crippen LogP contribution in [0.3, 0.4) is 0 Å². The first-order valence-electron chi connectivity index (χ1n) is 8.26. The molecule has 3 saturated carbocycles. The maximum atomic E-state index is 6.91. The Bertz CT molecular complexity index is 252. The summed E-state index contributed by atoms with van der Waals surface area (Å²) < 4.78 is 0. The molecule has 3 aliphatic rings. The fourth-order valence-electron chi connectivity index (χ4n) is 5.41. The second kappa shape index (κ2) is 6.81. The minimum absolute atomic E-state index is 1.02. The van der Waals surface area contributed by atoms with Gasteiger partial charge in [0.2, 0.25) is 0 Å². The van der Waals surface area contributed by atoms with Gasteiger partial charge in [-0.15, -0.1) is 0 Å². The van der Waals surface area contributed by atoms with Gasteiger partial charge in [0.25, 0.3) is 0 Å². The van der Waals surface area contributed by atoms with Crippen molar-refractivity contribution in [3.63, 3.8) is 0 Å². The quantitative estimate of drug-likeness (QED) is 0.371. The van der Waals surface area contributed by atoms with Crippen LogP contribution in [-0.2, 0) is 13.5 Å². The van der Waals surface area contributed by atoms with Crippen molar-refractivity contribution in [3.8, 4) is 0 Å². The Labute approximate surface area is 132 Å². The molecule has 0 N–H and O–H groups in total. The van der Waals surface area contributed by atoms with Crippen molar-refractivity contribution in [3.05, 3.63) is 0 Å². The molecule has 0 spiro atoms. The Kier molecular flexibility index (Phi) is 5.57. The van der Waals surface area contributed by atoms with Gasteiger partial charge in [-0.3, -0.25) is 0 Å². The molecule has 19 heavy (non-hydrogen) atoms. The summed E-state index contributed by atoms with van der Waals surface area (Å²) in [6.07, 6.45) is 17.7. The maximum absolute atomic E-state index is 6.91. The SMILES string of the molecule is [Cl][Ru]([Cl])[PH](C1CCCC1)(C1CCCC1)C1CCCC1. The van der Waals surface area contributed by atoms with Gasteiger partial charge in [0.15, 0.2) is 0 Å². The van der Waals surface area contributed by atoms with Crippen LogP contribution >= 0.6 is 25.0 Å². The third-order valence-electron chi connectivity index (χ3n) is 6.14. The molecule has 0 heterocycles.